The number of ketones is 2. The third-order valence-corrected chi connectivity index (χ3v) is 4.59. The molecule has 0 aliphatic heterocycles. The van der Waals surface area contributed by atoms with E-state index in [1.165, 1.54) is 6.07 Å². The van der Waals surface area contributed by atoms with Crippen molar-refractivity contribution in [3.8, 4) is 5.75 Å². The molecule has 0 radical (unpaired) electrons. The number of rotatable bonds is 7. The van der Waals surface area contributed by atoms with Crippen LogP contribution in [-0.2, 0) is 0 Å². The number of ether oxygens (including phenoxy) is 1. The highest BCUT2D eigenvalue weighted by Gasteiger charge is 2.26. The maximum atomic E-state index is 13.2. The number of carbonyl (C=O) groups excluding carboxylic acids is 3. The van der Waals surface area contributed by atoms with E-state index < -0.39 is 11.6 Å². The summed E-state index contributed by atoms with van der Waals surface area (Å²) in [6.45, 7) is 2.25. The molecule has 3 aromatic rings. The number of hydrogen-bond donors (Lipinski definition) is 0. The molecule has 1 amide bonds. The lowest BCUT2D eigenvalue weighted by molar-refractivity contribution is 0.0814. The number of carbonyl (C=O) groups is 3. The molecule has 0 aromatic heterocycles. The van der Waals surface area contributed by atoms with Gasteiger partial charge in [0.1, 0.15) is 5.75 Å². The molecule has 5 heteroatoms. The predicted molar refractivity (Wildman–Crippen MR) is 112 cm³/mol. The monoisotopic (exact) mass is 387 g/mol. The first-order valence-electron chi connectivity index (χ1n) is 9.25. The van der Waals surface area contributed by atoms with E-state index in [9.17, 15) is 14.4 Å². The van der Waals surface area contributed by atoms with E-state index in [2.05, 4.69) is 0 Å². The molecule has 0 heterocycles. The quantitative estimate of drug-likeness (QED) is 0.444. The number of benzene rings is 3. The average molecular weight is 387 g/mol. The van der Waals surface area contributed by atoms with Crippen LogP contribution < -0.4 is 9.64 Å². The highest BCUT2D eigenvalue weighted by molar-refractivity contribution is 6.50. The third-order valence-electron chi connectivity index (χ3n) is 4.59. The molecule has 5 nitrogen and oxygen atoms in total. The molecule has 0 unspecified atom stereocenters. The van der Waals surface area contributed by atoms with Crippen molar-refractivity contribution in [2.24, 2.45) is 0 Å². The average Bonchev–Trinajstić information content (AvgIpc) is 2.79. The zero-order valence-corrected chi connectivity index (χ0v) is 16.3. The summed E-state index contributed by atoms with van der Waals surface area (Å²) < 4.78 is 5.16. The van der Waals surface area contributed by atoms with Gasteiger partial charge in [-0.2, -0.15) is 0 Å². The van der Waals surface area contributed by atoms with Gasteiger partial charge in [0.15, 0.2) is 0 Å². The number of nitrogens with zero attached hydrogens (tertiary/aromatic N) is 1. The van der Waals surface area contributed by atoms with Crippen molar-refractivity contribution in [3.05, 3.63) is 95.6 Å². The number of methoxy groups -OCH3 is 1. The molecule has 0 N–H and O–H groups in total. The summed E-state index contributed by atoms with van der Waals surface area (Å²) in [5.74, 6) is -1.01. The molecule has 3 aromatic carbocycles. The third kappa shape index (κ3) is 4.24. The fourth-order valence-electron chi connectivity index (χ4n) is 3.06. The largest absolute Gasteiger partial charge is 0.497 e. The van der Waals surface area contributed by atoms with Crippen LogP contribution in [0.15, 0.2) is 78.9 Å². The number of Topliss-reactive ketones (excluding diaryl/α,β-unsaturated/α-hetero) is 2. The van der Waals surface area contributed by atoms with Gasteiger partial charge in [-0.3, -0.25) is 14.4 Å². The lowest BCUT2D eigenvalue weighted by Crippen LogP contribution is -2.32. The Morgan fingerprint density at radius 2 is 1.34 bits per heavy atom. The maximum Gasteiger partial charge on any atom is 0.259 e. The van der Waals surface area contributed by atoms with Crippen LogP contribution in [0.3, 0.4) is 0 Å². The minimum absolute atomic E-state index is 0.0957. The van der Waals surface area contributed by atoms with Crippen molar-refractivity contribution < 1.29 is 19.1 Å². The van der Waals surface area contributed by atoms with Crippen molar-refractivity contribution in [1.82, 2.24) is 0 Å². The fourth-order valence-corrected chi connectivity index (χ4v) is 3.06. The minimum atomic E-state index is -0.703. The molecule has 29 heavy (non-hydrogen) atoms. The summed E-state index contributed by atoms with van der Waals surface area (Å²) in [5, 5.41) is 0. The first-order valence-corrected chi connectivity index (χ1v) is 9.25. The number of amides is 1. The van der Waals surface area contributed by atoms with Gasteiger partial charge >= 0.3 is 0 Å². The fraction of sp³-hybridized carbons (Fsp3) is 0.125. The van der Waals surface area contributed by atoms with Crippen LogP contribution in [0, 0.1) is 0 Å². The van der Waals surface area contributed by atoms with E-state index >= 15 is 0 Å². The van der Waals surface area contributed by atoms with E-state index in [0.717, 1.165) is 0 Å². The highest BCUT2D eigenvalue weighted by atomic mass is 16.5. The molecule has 146 valence electrons. The molecule has 0 saturated heterocycles. The molecule has 0 aliphatic carbocycles. The molecule has 0 saturated carbocycles. The van der Waals surface area contributed by atoms with Gasteiger partial charge < -0.3 is 9.64 Å². The van der Waals surface area contributed by atoms with E-state index in [1.54, 1.807) is 84.8 Å². The van der Waals surface area contributed by atoms with Crippen molar-refractivity contribution >= 4 is 23.2 Å². The first kappa shape index (κ1) is 20.0. The Hall–Kier alpha value is -3.73. The second-order valence-corrected chi connectivity index (χ2v) is 6.32. The lowest BCUT2D eigenvalue weighted by atomic mass is 9.96. The van der Waals surface area contributed by atoms with Gasteiger partial charge in [0.2, 0.25) is 11.6 Å². The molecular weight excluding hydrogens is 366 g/mol. The standard InChI is InChI=1S/C24H21NO4/c1-3-25(18-13-15-19(29-2)16-14-18)24(28)21-12-8-7-11-20(21)23(27)22(26)17-9-5-4-6-10-17/h4-16H,3H2,1-2H3. The molecular formula is C24H21NO4. The Morgan fingerprint density at radius 3 is 1.93 bits per heavy atom. The van der Waals surface area contributed by atoms with Crippen LogP contribution in [0.25, 0.3) is 0 Å². The Labute approximate surface area is 169 Å². The maximum absolute atomic E-state index is 13.2. The van der Waals surface area contributed by atoms with Gasteiger partial charge in [0, 0.05) is 23.4 Å². The van der Waals surface area contributed by atoms with Crippen molar-refractivity contribution in [1.29, 1.82) is 0 Å². The Balaban J connectivity index is 1.95. The van der Waals surface area contributed by atoms with Crippen molar-refractivity contribution in [2.45, 2.75) is 6.92 Å². The Kier molecular flexibility index (Phi) is 6.19. The predicted octanol–water partition coefficient (Wildman–Crippen LogP) is 4.43. The lowest BCUT2D eigenvalue weighted by Gasteiger charge is -2.22. The SMILES string of the molecule is CCN(C(=O)c1ccccc1C(=O)C(=O)c1ccccc1)c1ccc(OC)cc1. The second kappa shape index (κ2) is 8.97. The molecule has 0 atom stereocenters. The zero-order valence-electron chi connectivity index (χ0n) is 16.3. The van der Waals surface area contributed by atoms with E-state index in [0.29, 0.717) is 23.5 Å². The van der Waals surface area contributed by atoms with Crippen LogP contribution in [0.1, 0.15) is 38.0 Å². The highest BCUT2D eigenvalue weighted by Crippen LogP contribution is 2.23. The Bertz CT molecular complexity index is 1030. The van der Waals surface area contributed by atoms with Crippen LogP contribution in [-0.4, -0.2) is 31.1 Å². The molecule has 0 bridgehead atoms. The number of hydrogen-bond acceptors (Lipinski definition) is 4. The van der Waals surface area contributed by atoms with E-state index in [4.69, 9.17) is 4.74 Å². The molecule has 3 rings (SSSR count). The van der Waals surface area contributed by atoms with Crippen LogP contribution in [0.4, 0.5) is 5.69 Å². The van der Waals surface area contributed by atoms with Gasteiger partial charge in [0.05, 0.1) is 12.7 Å². The van der Waals surface area contributed by atoms with Gasteiger partial charge in [-0.25, -0.2) is 0 Å². The van der Waals surface area contributed by atoms with Crippen LogP contribution in [0.5, 0.6) is 5.75 Å². The topological polar surface area (TPSA) is 63.7 Å². The van der Waals surface area contributed by atoms with E-state index in [-0.39, 0.29) is 17.0 Å². The smallest absolute Gasteiger partial charge is 0.259 e. The molecule has 0 aliphatic rings. The normalized spacial score (nSPS) is 10.3. The van der Waals surface area contributed by atoms with Crippen molar-refractivity contribution in [2.75, 3.05) is 18.6 Å². The zero-order chi connectivity index (χ0) is 20.8. The minimum Gasteiger partial charge on any atom is -0.497 e. The summed E-state index contributed by atoms with van der Waals surface area (Å²) in [7, 11) is 1.57. The van der Waals surface area contributed by atoms with Gasteiger partial charge in [-0.1, -0.05) is 48.5 Å². The summed E-state index contributed by atoms with van der Waals surface area (Å²) in [6.07, 6.45) is 0. The number of anilines is 1. The summed E-state index contributed by atoms with van der Waals surface area (Å²) in [5.41, 5.74) is 1.26. The summed E-state index contributed by atoms with van der Waals surface area (Å²) in [6, 6.07) is 21.8. The summed E-state index contributed by atoms with van der Waals surface area (Å²) in [4.78, 5) is 40.3. The van der Waals surface area contributed by atoms with Crippen molar-refractivity contribution in [3.63, 3.8) is 0 Å². The van der Waals surface area contributed by atoms with Gasteiger partial charge in [-0.15, -0.1) is 0 Å². The van der Waals surface area contributed by atoms with Gasteiger partial charge in [0.25, 0.3) is 5.91 Å². The second-order valence-electron chi connectivity index (χ2n) is 6.32. The summed E-state index contributed by atoms with van der Waals surface area (Å²) >= 11 is 0. The molecule has 0 fully saturated rings. The van der Waals surface area contributed by atoms with Crippen LogP contribution >= 0.6 is 0 Å². The van der Waals surface area contributed by atoms with Crippen LogP contribution in [0.2, 0.25) is 0 Å². The van der Waals surface area contributed by atoms with E-state index in [1.807, 2.05) is 6.92 Å². The molecule has 0 spiro atoms. The Morgan fingerprint density at radius 1 is 0.759 bits per heavy atom. The first-order chi connectivity index (χ1) is 14.1. The van der Waals surface area contributed by atoms with Gasteiger partial charge in [-0.05, 0) is 37.3 Å².